The highest BCUT2D eigenvalue weighted by atomic mass is 35.6. The van der Waals surface area contributed by atoms with Gasteiger partial charge in [0.2, 0.25) is 0 Å². The van der Waals surface area contributed by atoms with Crippen molar-refractivity contribution in [2.75, 3.05) is 0 Å². The van der Waals surface area contributed by atoms with Gasteiger partial charge in [-0.05, 0) is 43.9 Å². The van der Waals surface area contributed by atoms with E-state index in [1.807, 2.05) is 0 Å². The Morgan fingerprint density at radius 1 is 0.500 bits per heavy atom. The van der Waals surface area contributed by atoms with Crippen LogP contribution in [0.25, 0.3) is 0 Å². The quantitative estimate of drug-likeness (QED) is 0.415. The van der Waals surface area contributed by atoms with Crippen molar-refractivity contribution >= 4 is 23.9 Å². The standard InChI is InChI=1S/2C14H22O.Al.ClH/c2*1-13(2,3)10-8-7-9-11(12(10)15)14(4,5)6;;/h2*7-9,15H,1-6H3;;1H/q;;+3;/p-3. The number of rotatable bonds is 4. The molecule has 0 N–H and O–H groups in total. The molecule has 4 heteroatoms. The molecule has 0 atom stereocenters. The largest absolute Gasteiger partial charge is 0.999 e. The van der Waals surface area contributed by atoms with Crippen LogP contribution in [0.3, 0.4) is 0 Å². The second-order valence-electron chi connectivity index (χ2n) is 12.9. The minimum Gasteiger partial charge on any atom is -0.599 e. The van der Waals surface area contributed by atoms with Crippen LogP contribution in [-0.4, -0.2) is 13.9 Å². The van der Waals surface area contributed by atoms with E-state index in [9.17, 15) is 0 Å². The average Bonchev–Trinajstić information content (AvgIpc) is 2.58. The van der Waals surface area contributed by atoms with E-state index in [4.69, 9.17) is 17.6 Å². The molecule has 0 spiro atoms. The first kappa shape index (κ1) is 27.1. The Balaban J connectivity index is 2.57. The molecular formula is C28H42AlClO2. The van der Waals surface area contributed by atoms with Crippen LogP contribution < -0.4 is 7.58 Å². The lowest BCUT2D eigenvalue weighted by Gasteiger charge is -2.32. The zero-order valence-electron chi connectivity index (χ0n) is 22.2. The van der Waals surface area contributed by atoms with E-state index >= 15 is 0 Å². The molecule has 2 aromatic rings. The third kappa shape index (κ3) is 6.47. The second-order valence-corrected chi connectivity index (χ2v) is 15.0. The molecule has 0 amide bonds. The van der Waals surface area contributed by atoms with Crippen LogP contribution in [-0.2, 0) is 21.7 Å². The maximum Gasteiger partial charge on any atom is 0.999 e. The van der Waals surface area contributed by atoms with Crippen molar-refractivity contribution in [1.29, 1.82) is 0 Å². The average molecular weight is 473 g/mol. The van der Waals surface area contributed by atoms with Gasteiger partial charge in [0.1, 0.15) is 0 Å². The van der Waals surface area contributed by atoms with Gasteiger partial charge in [-0.1, -0.05) is 119 Å². The van der Waals surface area contributed by atoms with Crippen LogP contribution in [0.1, 0.15) is 105 Å². The van der Waals surface area contributed by atoms with E-state index in [2.05, 4.69) is 119 Å². The lowest BCUT2D eigenvalue weighted by molar-refractivity contribution is 0.406. The number of benzene rings is 2. The van der Waals surface area contributed by atoms with Crippen molar-refractivity contribution < 1.29 is 7.58 Å². The van der Waals surface area contributed by atoms with E-state index < -0.39 is 13.9 Å². The first-order valence-electron chi connectivity index (χ1n) is 11.6. The molecule has 2 rings (SSSR count). The predicted octanol–water partition coefficient (Wildman–Crippen LogP) is 8.56. The van der Waals surface area contributed by atoms with Gasteiger partial charge < -0.3 is 7.58 Å². The zero-order chi connectivity index (χ0) is 24.7. The van der Waals surface area contributed by atoms with Crippen molar-refractivity contribution in [3.63, 3.8) is 0 Å². The van der Waals surface area contributed by atoms with Gasteiger partial charge >= 0.3 is 13.9 Å². The van der Waals surface area contributed by atoms with Gasteiger partial charge in [-0.3, -0.25) is 0 Å². The maximum atomic E-state index is 6.93. The van der Waals surface area contributed by atoms with Gasteiger partial charge in [0, 0.05) is 0 Å². The molecule has 0 aliphatic carbocycles. The topological polar surface area (TPSA) is 18.5 Å². The summed E-state index contributed by atoms with van der Waals surface area (Å²) in [5.41, 5.74) is 4.36. The Morgan fingerprint density at radius 2 is 0.719 bits per heavy atom. The van der Waals surface area contributed by atoms with Crippen molar-refractivity contribution in [1.82, 2.24) is 0 Å². The van der Waals surface area contributed by atoms with Gasteiger partial charge in [0.25, 0.3) is 0 Å². The molecule has 0 aliphatic rings. The number of hydrogen-bond donors (Lipinski definition) is 0. The molecule has 176 valence electrons. The van der Waals surface area contributed by atoms with Crippen LogP contribution in [0.4, 0.5) is 0 Å². The normalized spacial score (nSPS) is 13.2. The van der Waals surface area contributed by atoms with E-state index in [-0.39, 0.29) is 21.7 Å². The molecule has 0 unspecified atom stereocenters. The predicted molar refractivity (Wildman–Crippen MR) is 141 cm³/mol. The summed E-state index contributed by atoms with van der Waals surface area (Å²) >= 11 is -2.58. The van der Waals surface area contributed by atoms with E-state index in [1.54, 1.807) is 0 Å². The monoisotopic (exact) mass is 472 g/mol. The summed E-state index contributed by atoms with van der Waals surface area (Å²) in [5, 5.41) is 0. The molecule has 0 aromatic heterocycles. The van der Waals surface area contributed by atoms with Crippen LogP contribution >= 0.6 is 10.0 Å². The summed E-state index contributed by atoms with van der Waals surface area (Å²) in [6, 6.07) is 12.8. The molecule has 0 fully saturated rings. The Morgan fingerprint density at radius 3 is 0.906 bits per heavy atom. The van der Waals surface area contributed by atoms with Crippen LogP contribution in [0, 0.1) is 0 Å². The highest BCUT2D eigenvalue weighted by Gasteiger charge is 2.38. The van der Waals surface area contributed by atoms with Crippen LogP contribution in [0.2, 0.25) is 0 Å². The minimum atomic E-state index is -2.58. The third-order valence-electron chi connectivity index (χ3n) is 5.68. The van der Waals surface area contributed by atoms with Gasteiger partial charge in [-0.25, -0.2) is 0 Å². The third-order valence-corrected chi connectivity index (χ3v) is 7.06. The molecule has 2 aromatic carbocycles. The minimum absolute atomic E-state index is 0.0680. The second kappa shape index (κ2) is 9.25. The molecule has 2 nitrogen and oxygen atoms in total. The molecule has 0 radical (unpaired) electrons. The molecular weight excluding hydrogens is 431 g/mol. The maximum absolute atomic E-state index is 6.93. The van der Waals surface area contributed by atoms with Gasteiger partial charge in [0.15, 0.2) is 0 Å². The summed E-state index contributed by atoms with van der Waals surface area (Å²) < 4.78 is 13.1. The van der Waals surface area contributed by atoms with Crippen molar-refractivity contribution in [3.05, 3.63) is 58.7 Å². The van der Waals surface area contributed by atoms with Crippen molar-refractivity contribution in [3.8, 4) is 11.5 Å². The molecule has 0 bridgehead atoms. The molecule has 0 saturated heterocycles. The smallest absolute Gasteiger partial charge is 0.599 e. The van der Waals surface area contributed by atoms with Crippen molar-refractivity contribution in [2.45, 2.75) is 105 Å². The lowest BCUT2D eigenvalue weighted by Crippen LogP contribution is -2.30. The van der Waals surface area contributed by atoms with E-state index in [0.717, 1.165) is 33.8 Å². The van der Waals surface area contributed by atoms with Gasteiger partial charge in [-0.15, -0.1) is 0 Å². The zero-order valence-corrected chi connectivity index (χ0v) is 24.1. The lowest BCUT2D eigenvalue weighted by atomic mass is 9.79. The SMILES string of the molecule is CC(C)(C)c1cccc(C(C)(C)C)c1[O][Al]([Cl])[O]c1c(C(C)(C)C)cccc1C(C)(C)C. The summed E-state index contributed by atoms with van der Waals surface area (Å²) in [6.45, 7) is 26.5. The summed E-state index contributed by atoms with van der Waals surface area (Å²) in [4.78, 5) is 0. The van der Waals surface area contributed by atoms with E-state index in [1.165, 1.54) is 0 Å². The van der Waals surface area contributed by atoms with Gasteiger partial charge in [0.05, 0.1) is 11.5 Å². The van der Waals surface area contributed by atoms with Crippen LogP contribution in [0.15, 0.2) is 36.4 Å². The van der Waals surface area contributed by atoms with Crippen LogP contribution in [0.5, 0.6) is 11.5 Å². The molecule has 0 aliphatic heterocycles. The fraction of sp³-hybridized carbons (Fsp3) is 0.571. The highest BCUT2D eigenvalue weighted by molar-refractivity contribution is 7.00. The number of para-hydroxylation sites is 2. The Bertz CT molecular complexity index is 796. The van der Waals surface area contributed by atoms with Crippen molar-refractivity contribution in [2.24, 2.45) is 0 Å². The molecule has 32 heavy (non-hydrogen) atoms. The number of hydrogen-bond acceptors (Lipinski definition) is 2. The Kier molecular flexibility index (Phi) is 7.84. The molecule has 0 heterocycles. The highest BCUT2D eigenvalue weighted by Crippen LogP contribution is 2.42. The Hall–Kier alpha value is -1.14. The number of halogens is 1. The summed E-state index contributed by atoms with van der Waals surface area (Å²) in [6.07, 6.45) is 0. The fourth-order valence-electron chi connectivity index (χ4n) is 3.90. The first-order chi connectivity index (χ1) is 14.3. The first-order valence-corrected chi connectivity index (χ1v) is 14.3. The van der Waals surface area contributed by atoms with Gasteiger partial charge in [-0.2, -0.15) is 10.0 Å². The summed E-state index contributed by atoms with van der Waals surface area (Å²) in [5.74, 6) is 1.76. The molecule has 0 saturated carbocycles. The fourth-order valence-corrected chi connectivity index (χ4v) is 5.36. The summed E-state index contributed by atoms with van der Waals surface area (Å²) in [7, 11) is 6.93. The van der Waals surface area contributed by atoms with E-state index in [0.29, 0.717) is 0 Å². The Labute approximate surface area is 205 Å².